The van der Waals surface area contributed by atoms with Gasteiger partial charge in [0.25, 0.3) is 0 Å². The second-order valence-electron chi connectivity index (χ2n) is 8.51. The number of hydrogen-bond acceptors (Lipinski definition) is 2. The molecule has 0 bridgehead atoms. The average molecular weight is 338 g/mol. The second kappa shape index (κ2) is 7.72. The van der Waals surface area contributed by atoms with Crippen LogP contribution in [0.1, 0.15) is 45.6 Å². The maximum absolute atomic E-state index is 10.3. The number of nitrogens with one attached hydrogen (secondary N) is 1. The third-order valence-corrected chi connectivity index (χ3v) is 5.13. The van der Waals surface area contributed by atoms with E-state index < -0.39 is 0 Å². The van der Waals surface area contributed by atoms with E-state index in [1.54, 1.807) is 0 Å². The molecule has 1 aliphatic rings. The Kier molecular flexibility index (Phi) is 5.61. The topological polar surface area (TPSA) is 32.3 Å². The van der Waals surface area contributed by atoms with Crippen LogP contribution >= 0.6 is 0 Å². The van der Waals surface area contributed by atoms with E-state index in [1.165, 1.54) is 16.7 Å². The Hall–Kier alpha value is -1.64. The van der Waals surface area contributed by atoms with Crippen LogP contribution < -0.4 is 5.32 Å². The van der Waals surface area contributed by atoms with Crippen LogP contribution in [0, 0.1) is 5.92 Å². The van der Waals surface area contributed by atoms with Gasteiger partial charge in [0.1, 0.15) is 0 Å². The normalized spacial score (nSPS) is 24.2. The van der Waals surface area contributed by atoms with E-state index in [4.69, 9.17) is 0 Å². The van der Waals surface area contributed by atoms with Crippen LogP contribution in [0.15, 0.2) is 54.6 Å². The molecule has 1 aliphatic carbocycles. The summed E-state index contributed by atoms with van der Waals surface area (Å²) in [5.41, 5.74) is 3.99. The lowest BCUT2D eigenvalue weighted by molar-refractivity contribution is 0.0580. The summed E-state index contributed by atoms with van der Waals surface area (Å²) in [6.45, 7) is 6.52. The van der Waals surface area contributed by atoms with Gasteiger partial charge >= 0.3 is 0 Å². The van der Waals surface area contributed by atoms with Crippen LogP contribution in [-0.2, 0) is 6.42 Å². The largest absolute Gasteiger partial charge is 0.392 e. The lowest BCUT2D eigenvalue weighted by atomic mass is 9.79. The van der Waals surface area contributed by atoms with E-state index in [-0.39, 0.29) is 17.7 Å². The van der Waals surface area contributed by atoms with Crippen molar-refractivity contribution in [3.05, 3.63) is 60.2 Å². The zero-order valence-corrected chi connectivity index (χ0v) is 15.7. The number of aliphatic hydroxyl groups excluding tert-OH is 1. The summed E-state index contributed by atoms with van der Waals surface area (Å²) in [7, 11) is 0. The summed E-state index contributed by atoms with van der Waals surface area (Å²) in [6.07, 6.45) is 3.96. The fourth-order valence-corrected chi connectivity index (χ4v) is 3.94. The molecule has 2 heteroatoms. The molecule has 3 rings (SSSR count). The molecule has 3 atom stereocenters. The van der Waals surface area contributed by atoms with Crippen molar-refractivity contribution in [2.24, 2.45) is 5.92 Å². The molecular weight excluding hydrogens is 306 g/mol. The van der Waals surface area contributed by atoms with Gasteiger partial charge in [-0.1, -0.05) is 54.6 Å². The second-order valence-corrected chi connectivity index (χ2v) is 8.51. The molecule has 2 aromatic rings. The predicted octanol–water partition coefficient (Wildman–Crippen LogP) is 4.81. The zero-order valence-electron chi connectivity index (χ0n) is 15.7. The molecule has 0 saturated heterocycles. The minimum absolute atomic E-state index is 0.0465. The van der Waals surface area contributed by atoms with Crippen LogP contribution in [0.2, 0.25) is 0 Å². The molecule has 0 spiro atoms. The van der Waals surface area contributed by atoms with Gasteiger partial charge in [0, 0.05) is 11.6 Å². The standard InChI is InChI=1S/C23H31NO/c1-23(2,3)24-21-16-18(11-14-22(21)25)15-17-9-12-20(13-10-17)19-7-5-4-6-8-19/h4-10,12-13,18,21-22,24-25H,11,14-16H2,1-3H3/t18-,21-,22-/m0/s1. The summed E-state index contributed by atoms with van der Waals surface area (Å²) in [5.74, 6) is 0.644. The molecule has 0 radical (unpaired) electrons. The molecule has 134 valence electrons. The quantitative estimate of drug-likeness (QED) is 0.839. The third-order valence-electron chi connectivity index (χ3n) is 5.13. The number of aliphatic hydroxyl groups is 1. The van der Waals surface area contributed by atoms with E-state index in [0.717, 1.165) is 25.7 Å². The highest BCUT2D eigenvalue weighted by Gasteiger charge is 2.31. The molecule has 2 N–H and O–H groups in total. The third kappa shape index (κ3) is 5.17. The molecule has 0 heterocycles. The fourth-order valence-electron chi connectivity index (χ4n) is 3.94. The minimum atomic E-state index is -0.212. The lowest BCUT2D eigenvalue weighted by Gasteiger charge is -2.38. The van der Waals surface area contributed by atoms with Gasteiger partial charge < -0.3 is 10.4 Å². The van der Waals surface area contributed by atoms with Crippen LogP contribution in [-0.4, -0.2) is 22.8 Å². The maximum atomic E-state index is 10.3. The van der Waals surface area contributed by atoms with Gasteiger partial charge in [0.15, 0.2) is 0 Å². The maximum Gasteiger partial charge on any atom is 0.0693 e. The zero-order chi connectivity index (χ0) is 17.9. The molecule has 0 unspecified atom stereocenters. The Morgan fingerprint density at radius 1 is 0.920 bits per heavy atom. The Balaban J connectivity index is 1.62. The first-order chi connectivity index (χ1) is 11.9. The van der Waals surface area contributed by atoms with Crippen molar-refractivity contribution in [3.63, 3.8) is 0 Å². The predicted molar refractivity (Wildman–Crippen MR) is 106 cm³/mol. The SMILES string of the molecule is CC(C)(C)N[C@H]1C[C@H](Cc2ccc(-c3ccccc3)cc2)CC[C@@H]1O. The van der Waals surface area contributed by atoms with Crippen molar-refractivity contribution in [3.8, 4) is 11.1 Å². The molecule has 0 amide bonds. The molecule has 0 aliphatic heterocycles. The van der Waals surface area contributed by atoms with Gasteiger partial charge in [-0.3, -0.25) is 0 Å². The van der Waals surface area contributed by atoms with Gasteiger partial charge in [0.05, 0.1) is 6.10 Å². The van der Waals surface area contributed by atoms with Crippen LogP contribution in [0.25, 0.3) is 11.1 Å². The number of hydrogen-bond donors (Lipinski definition) is 2. The number of rotatable bonds is 4. The summed E-state index contributed by atoms with van der Waals surface area (Å²) in [4.78, 5) is 0. The summed E-state index contributed by atoms with van der Waals surface area (Å²) in [5, 5.41) is 13.9. The van der Waals surface area contributed by atoms with Crippen molar-refractivity contribution >= 4 is 0 Å². The van der Waals surface area contributed by atoms with Gasteiger partial charge in [-0.25, -0.2) is 0 Å². The van der Waals surface area contributed by atoms with Crippen LogP contribution in [0.3, 0.4) is 0 Å². The Morgan fingerprint density at radius 2 is 1.56 bits per heavy atom. The first kappa shape index (κ1) is 18.2. The van der Waals surface area contributed by atoms with Crippen molar-refractivity contribution < 1.29 is 5.11 Å². The van der Waals surface area contributed by atoms with Crippen molar-refractivity contribution in [2.45, 2.75) is 64.1 Å². The highest BCUT2D eigenvalue weighted by molar-refractivity contribution is 5.63. The first-order valence-electron chi connectivity index (χ1n) is 9.51. The molecular formula is C23H31NO. The molecule has 1 saturated carbocycles. The Labute approximate surface area is 152 Å². The van der Waals surface area contributed by atoms with E-state index >= 15 is 0 Å². The van der Waals surface area contributed by atoms with E-state index in [9.17, 15) is 5.11 Å². The van der Waals surface area contributed by atoms with Crippen LogP contribution in [0.5, 0.6) is 0 Å². The van der Waals surface area contributed by atoms with E-state index in [0.29, 0.717) is 5.92 Å². The first-order valence-corrected chi connectivity index (χ1v) is 9.51. The smallest absolute Gasteiger partial charge is 0.0693 e. The van der Waals surface area contributed by atoms with Gasteiger partial charge in [0.2, 0.25) is 0 Å². The van der Waals surface area contributed by atoms with Gasteiger partial charge in [-0.05, 0) is 69.1 Å². The van der Waals surface area contributed by atoms with Crippen LogP contribution in [0.4, 0.5) is 0 Å². The van der Waals surface area contributed by atoms with Crippen molar-refractivity contribution in [1.82, 2.24) is 5.32 Å². The highest BCUT2D eigenvalue weighted by Crippen LogP contribution is 2.29. The lowest BCUT2D eigenvalue weighted by Crippen LogP contribution is -2.52. The summed E-state index contributed by atoms with van der Waals surface area (Å²) in [6, 6.07) is 19.7. The number of benzene rings is 2. The molecule has 25 heavy (non-hydrogen) atoms. The molecule has 2 aromatic carbocycles. The fraction of sp³-hybridized carbons (Fsp3) is 0.478. The average Bonchev–Trinajstić information content (AvgIpc) is 2.58. The molecule has 1 fully saturated rings. The Bertz CT molecular complexity index is 657. The van der Waals surface area contributed by atoms with Gasteiger partial charge in [-0.15, -0.1) is 0 Å². The minimum Gasteiger partial charge on any atom is -0.392 e. The molecule has 0 aromatic heterocycles. The summed E-state index contributed by atoms with van der Waals surface area (Å²) < 4.78 is 0. The summed E-state index contributed by atoms with van der Waals surface area (Å²) >= 11 is 0. The van der Waals surface area contributed by atoms with Crippen molar-refractivity contribution in [1.29, 1.82) is 0 Å². The van der Waals surface area contributed by atoms with E-state index in [1.807, 2.05) is 0 Å². The van der Waals surface area contributed by atoms with Crippen molar-refractivity contribution in [2.75, 3.05) is 0 Å². The van der Waals surface area contributed by atoms with E-state index in [2.05, 4.69) is 80.7 Å². The molecule has 2 nitrogen and oxygen atoms in total. The monoisotopic (exact) mass is 337 g/mol. The highest BCUT2D eigenvalue weighted by atomic mass is 16.3. The van der Waals surface area contributed by atoms with Gasteiger partial charge in [-0.2, -0.15) is 0 Å². The Morgan fingerprint density at radius 3 is 2.20 bits per heavy atom.